The smallest absolute Gasteiger partial charge is 0.00453 e. The van der Waals surface area contributed by atoms with Crippen molar-refractivity contribution in [2.24, 2.45) is 17.3 Å². The topological polar surface area (TPSA) is 0 Å². The normalized spacial score (nSPS) is 60.0. The van der Waals surface area contributed by atoms with Crippen LogP contribution in [0.15, 0.2) is 11.1 Å². The molecule has 10 heavy (non-hydrogen) atoms. The van der Waals surface area contributed by atoms with Gasteiger partial charge in [-0.05, 0) is 49.4 Å². The molecule has 52 valence electrons. The van der Waals surface area contributed by atoms with Crippen molar-refractivity contribution in [3.63, 3.8) is 0 Å². The van der Waals surface area contributed by atoms with Crippen LogP contribution in [-0.4, -0.2) is 0 Å². The Morgan fingerprint density at radius 3 is 2.60 bits per heavy atom. The molecule has 4 rings (SSSR count). The Morgan fingerprint density at radius 1 is 1.30 bits per heavy atom. The Morgan fingerprint density at radius 2 is 2.30 bits per heavy atom. The molecule has 2 fully saturated rings. The molecule has 0 heteroatoms. The summed E-state index contributed by atoms with van der Waals surface area (Å²) >= 11 is 0. The standard InChI is InChI=1S/C10H12/c1-2-8-6(1)7-5-10(8)4-3-9(7)10/h7,9H,1-5H2. The number of fused-ring (bicyclic) bond motifs is 1. The minimum Gasteiger partial charge on any atom is -0.0667 e. The Balaban J connectivity index is 1.99. The van der Waals surface area contributed by atoms with Crippen molar-refractivity contribution in [3.8, 4) is 0 Å². The largest absolute Gasteiger partial charge is 0.0667 e. The fourth-order valence-corrected chi connectivity index (χ4v) is 4.11. The summed E-state index contributed by atoms with van der Waals surface area (Å²) < 4.78 is 0. The molecule has 0 aliphatic heterocycles. The molecular formula is C10H12. The van der Waals surface area contributed by atoms with E-state index in [2.05, 4.69) is 0 Å². The Kier molecular flexibility index (Phi) is 0.464. The van der Waals surface area contributed by atoms with Crippen LogP contribution in [0, 0.1) is 17.3 Å². The lowest BCUT2D eigenvalue weighted by Crippen LogP contribution is -2.50. The first-order valence-corrected chi connectivity index (χ1v) is 4.64. The van der Waals surface area contributed by atoms with Crippen molar-refractivity contribution in [3.05, 3.63) is 11.1 Å². The second-order valence-electron chi connectivity index (χ2n) is 4.62. The monoisotopic (exact) mass is 132 g/mol. The van der Waals surface area contributed by atoms with Gasteiger partial charge in [0.1, 0.15) is 0 Å². The molecule has 2 bridgehead atoms. The summed E-state index contributed by atoms with van der Waals surface area (Å²) in [4.78, 5) is 0. The van der Waals surface area contributed by atoms with E-state index in [4.69, 9.17) is 0 Å². The summed E-state index contributed by atoms with van der Waals surface area (Å²) in [5.41, 5.74) is 4.76. The molecule has 0 radical (unpaired) electrons. The predicted octanol–water partition coefficient (Wildman–Crippen LogP) is 2.51. The lowest BCUT2D eigenvalue weighted by molar-refractivity contribution is -0.0565. The van der Waals surface area contributed by atoms with Crippen LogP contribution in [0.5, 0.6) is 0 Å². The van der Waals surface area contributed by atoms with E-state index in [-0.39, 0.29) is 0 Å². The highest BCUT2D eigenvalue weighted by molar-refractivity contribution is 5.49. The Labute approximate surface area is 61.3 Å². The van der Waals surface area contributed by atoms with Crippen LogP contribution in [0.3, 0.4) is 0 Å². The van der Waals surface area contributed by atoms with Crippen molar-refractivity contribution in [1.29, 1.82) is 0 Å². The van der Waals surface area contributed by atoms with Crippen molar-refractivity contribution in [2.45, 2.75) is 32.1 Å². The van der Waals surface area contributed by atoms with E-state index in [1.165, 1.54) is 18.8 Å². The Bertz CT molecular complexity index is 261. The van der Waals surface area contributed by atoms with Crippen molar-refractivity contribution in [1.82, 2.24) is 0 Å². The van der Waals surface area contributed by atoms with Crippen LogP contribution in [0.2, 0.25) is 0 Å². The van der Waals surface area contributed by atoms with Crippen LogP contribution < -0.4 is 0 Å². The van der Waals surface area contributed by atoms with Gasteiger partial charge < -0.3 is 0 Å². The van der Waals surface area contributed by atoms with E-state index in [9.17, 15) is 0 Å². The molecule has 0 nitrogen and oxygen atoms in total. The van der Waals surface area contributed by atoms with Gasteiger partial charge in [-0.15, -0.1) is 0 Å². The third kappa shape index (κ3) is 0.223. The molecule has 0 saturated heterocycles. The van der Waals surface area contributed by atoms with Gasteiger partial charge in [0.15, 0.2) is 0 Å². The zero-order valence-corrected chi connectivity index (χ0v) is 6.19. The molecule has 0 aromatic heterocycles. The maximum atomic E-state index is 1.95. The zero-order chi connectivity index (χ0) is 6.34. The van der Waals surface area contributed by atoms with Crippen molar-refractivity contribution in [2.75, 3.05) is 0 Å². The molecule has 4 aliphatic carbocycles. The third-order valence-electron chi connectivity index (χ3n) is 4.76. The van der Waals surface area contributed by atoms with Gasteiger partial charge in [0.05, 0.1) is 0 Å². The summed E-state index contributed by atoms with van der Waals surface area (Å²) in [5, 5.41) is 0. The van der Waals surface area contributed by atoms with Crippen LogP contribution in [0.1, 0.15) is 32.1 Å². The molecule has 3 atom stereocenters. The highest BCUT2D eigenvalue weighted by Crippen LogP contribution is 2.79. The first kappa shape index (κ1) is 4.58. The highest BCUT2D eigenvalue weighted by Gasteiger charge is 2.69. The van der Waals surface area contributed by atoms with E-state index in [1.54, 1.807) is 19.3 Å². The summed E-state index contributed by atoms with van der Waals surface area (Å²) in [6.07, 6.45) is 7.69. The fourth-order valence-electron chi connectivity index (χ4n) is 4.11. The van der Waals surface area contributed by atoms with E-state index >= 15 is 0 Å². The summed E-state index contributed by atoms with van der Waals surface area (Å²) in [7, 11) is 0. The first-order chi connectivity index (χ1) is 4.92. The van der Waals surface area contributed by atoms with Crippen LogP contribution in [0.25, 0.3) is 0 Å². The van der Waals surface area contributed by atoms with E-state index in [0.717, 1.165) is 11.3 Å². The molecule has 0 aromatic rings. The van der Waals surface area contributed by atoms with Gasteiger partial charge in [-0.1, -0.05) is 11.1 Å². The zero-order valence-electron chi connectivity index (χ0n) is 6.19. The van der Waals surface area contributed by atoms with Crippen molar-refractivity contribution >= 4 is 0 Å². The van der Waals surface area contributed by atoms with E-state index in [0.29, 0.717) is 0 Å². The maximum Gasteiger partial charge on any atom is -0.00453 e. The molecule has 2 saturated carbocycles. The minimum absolute atomic E-state index is 0.873. The van der Waals surface area contributed by atoms with Crippen molar-refractivity contribution < 1.29 is 0 Å². The fraction of sp³-hybridized carbons (Fsp3) is 0.800. The van der Waals surface area contributed by atoms with Gasteiger partial charge in [-0.2, -0.15) is 0 Å². The van der Waals surface area contributed by atoms with Gasteiger partial charge in [0, 0.05) is 0 Å². The van der Waals surface area contributed by atoms with Gasteiger partial charge in [0.2, 0.25) is 0 Å². The average molecular weight is 132 g/mol. The quantitative estimate of drug-likeness (QED) is 0.444. The molecule has 0 spiro atoms. The number of allylic oxidation sites excluding steroid dienone is 2. The van der Waals surface area contributed by atoms with Gasteiger partial charge in [-0.25, -0.2) is 0 Å². The third-order valence-corrected chi connectivity index (χ3v) is 4.76. The molecule has 0 amide bonds. The minimum atomic E-state index is 0.873. The molecular weight excluding hydrogens is 120 g/mol. The van der Waals surface area contributed by atoms with Crippen LogP contribution in [-0.2, 0) is 0 Å². The summed E-state index contributed by atoms with van der Waals surface area (Å²) in [5.74, 6) is 2.30. The molecule has 0 aromatic carbocycles. The lowest BCUT2D eigenvalue weighted by atomic mass is 9.46. The number of hydrogen-bond acceptors (Lipinski definition) is 0. The molecule has 4 aliphatic rings. The summed E-state index contributed by atoms with van der Waals surface area (Å²) in [6.45, 7) is 0. The van der Waals surface area contributed by atoms with E-state index in [1.807, 2.05) is 11.1 Å². The Hall–Kier alpha value is -0.260. The average Bonchev–Trinajstić information content (AvgIpc) is 2.07. The molecule has 3 unspecified atom stereocenters. The highest BCUT2D eigenvalue weighted by atomic mass is 14.7. The first-order valence-electron chi connectivity index (χ1n) is 4.64. The maximum absolute atomic E-state index is 1.95. The molecule has 0 N–H and O–H groups in total. The number of hydrogen-bond donors (Lipinski definition) is 0. The SMILES string of the molecule is C1CC2=C1C1CC23CCC13. The number of rotatable bonds is 0. The van der Waals surface area contributed by atoms with Crippen LogP contribution >= 0.6 is 0 Å². The second-order valence-corrected chi connectivity index (χ2v) is 4.62. The predicted molar refractivity (Wildman–Crippen MR) is 39.5 cm³/mol. The lowest BCUT2D eigenvalue weighted by Gasteiger charge is -2.58. The van der Waals surface area contributed by atoms with Gasteiger partial charge >= 0.3 is 0 Å². The van der Waals surface area contributed by atoms with Crippen LogP contribution in [0.4, 0.5) is 0 Å². The molecule has 0 heterocycles. The summed E-state index contributed by atoms with van der Waals surface area (Å²) in [6, 6.07) is 0. The van der Waals surface area contributed by atoms with Gasteiger partial charge in [-0.3, -0.25) is 0 Å². The van der Waals surface area contributed by atoms with Gasteiger partial charge in [0.25, 0.3) is 0 Å². The second kappa shape index (κ2) is 1.01. The van der Waals surface area contributed by atoms with E-state index < -0.39 is 0 Å².